The van der Waals surface area contributed by atoms with Gasteiger partial charge in [0.05, 0.1) is 0 Å². The fourth-order valence-corrected chi connectivity index (χ4v) is 8.22. The van der Waals surface area contributed by atoms with Crippen molar-refractivity contribution in [1.82, 2.24) is 42.5 Å². The van der Waals surface area contributed by atoms with Crippen LogP contribution < -0.4 is 65.5 Å². The van der Waals surface area contributed by atoms with E-state index < -0.39 is 95.5 Å². The number of carbonyl (C=O) groups excluding carboxylic acids is 8. The van der Waals surface area contributed by atoms with Crippen LogP contribution >= 0.6 is 0 Å². The normalized spacial score (nSPS) is 13.9. The molecular weight excluding hydrogens is 989 g/mol. The lowest BCUT2D eigenvalue weighted by molar-refractivity contribution is -0.136. The third kappa shape index (κ3) is 25.4. The van der Waals surface area contributed by atoms with Crippen LogP contribution in [0.3, 0.4) is 0 Å². The number of phenolic OH excluding ortho intramolecular Hbond substituents is 1. The first kappa shape index (κ1) is 65.8. The van der Waals surface area contributed by atoms with E-state index in [1.807, 2.05) is 41.5 Å². The highest BCUT2D eigenvalue weighted by Gasteiger charge is 2.35. The van der Waals surface area contributed by atoms with Crippen LogP contribution in [-0.2, 0) is 51.3 Å². The van der Waals surface area contributed by atoms with E-state index in [1.54, 1.807) is 50.2 Å². The van der Waals surface area contributed by atoms with Crippen LogP contribution in [0.4, 0.5) is 0 Å². The largest absolute Gasteiger partial charge is 0.508 e. The second-order valence-corrected chi connectivity index (χ2v) is 21.1. The Hall–Kier alpha value is -7.30. The number of unbranched alkanes of at least 4 members (excludes halogenated alkanes) is 1. The lowest BCUT2D eigenvalue weighted by Crippen LogP contribution is -2.61. The van der Waals surface area contributed by atoms with Crippen LogP contribution in [0.2, 0.25) is 0 Å². The number of guanidine groups is 1. The molecule has 0 aromatic heterocycles. The smallest absolute Gasteiger partial charge is 0.243 e. The number of nitrogens with two attached hydrogens (primary N) is 4. The van der Waals surface area contributed by atoms with Crippen molar-refractivity contribution in [3.63, 3.8) is 0 Å². The van der Waals surface area contributed by atoms with Crippen molar-refractivity contribution in [2.75, 3.05) is 13.1 Å². The van der Waals surface area contributed by atoms with Gasteiger partial charge in [0.25, 0.3) is 0 Å². The molecule has 23 heteroatoms. The predicted molar refractivity (Wildman–Crippen MR) is 296 cm³/mol. The first-order valence-electron chi connectivity index (χ1n) is 26.5. The molecule has 0 unspecified atom stereocenters. The fourth-order valence-electron chi connectivity index (χ4n) is 8.22. The number of hydrogen-bond donors (Lipinski definition) is 14. The fraction of sp³-hybridized carbons (Fsp3) is 0.593. The molecule has 2 aromatic carbocycles. The number of nitrogens with zero attached hydrogens (tertiary/aromatic N) is 1. The quantitative estimate of drug-likeness (QED) is 0.0264. The Morgan fingerprint density at radius 3 is 1.40 bits per heavy atom. The maximum atomic E-state index is 14.4. The summed E-state index contributed by atoms with van der Waals surface area (Å²) in [5.74, 6) is -6.14. The van der Waals surface area contributed by atoms with Gasteiger partial charge in [0.15, 0.2) is 5.96 Å². The highest BCUT2D eigenvalue weighted by molar-refractivity contribution is 5.98. The summed E-state index contributed by atoms with van der Waals surface area (Å²) in [7, 11) is 0. The van der Waals surface area contributed by atoms with E-state index in [9.17, 15) is 43.5 Å². The van der Waals surface area contributed by atoms with Crippen LogP contribution in [0.25, 0.3) is 0 Å². The number of hydrogen-bond acceptors (Lipinski definition) is 12. The van der Waals surface area contributed by atoms with Gasteiger partial charge in [-0.05, 0) is 105 Å². The number of nitrogens with one attached hydrogen (secondary N) is 9. The third-order valence-electron chi connectivity index (χ3n) is 12.2. The Morgan fingerprint density at radius 2 is 0.961 bits per heavy atom. The minimum atomic E-state index is -1.27. The molecule has 0 saturated carbocycles. The number of aromatic hydroxyl groups is 1. The van der Waals surface area contributed by atoms with Gasteiger partial charge in [-0.25, -0.2) is 0 Å². The molecule has 2 rings (SSSR count). The highest BCUT2D eigenvalue weighted by Crippen LogP contribution is 2.16. The molecule has 77 heavy (non-hydrogen) atoms. The zero-order valence-electron chi connectivity index (χ0n) is 46.4. The Morgan fingerprint density at radius 1 is 0.532 bits per heavy atom. The Bertz CT molecular complexity index is 2290. The molecule has 0 aliphatic rings. The molecular formula is C54H88N14O9. The minimum absolute atomic E-state index is 0.00731. The van der Waals surface area contributed by atoms with Crippen LogP contribution in [0, 0.1) is 29.1 Å². The molecule has 0 bridgehead atoms. The SMILES string of the molecule is CC(=O)N[C@@H](Cc1ccc(O)cc1)C(=O)N[C@@H](CC(C)C)C(=O)N[C@@H](CC(C)C)C(=O)N[C@@H](CC(C)C)C(=O)N[C@@H](CCCN=C(N)N)C(=O)N[C@H](C(=O)N[C@@H](CCCCN)C(=O)NCc1ccc(C(=N)N)cc1)C(C)C. The van der Waals surface area contributed by atoms with Crippen LogP contribution in [0.5, 0.6) is 5.75 Å². The van der Waals surface area contributed by atoms with Crippen molar-refractivity contribution in [3.8, 4) is 5.75 Å². The van der Waals surface area contributed by atoms with Gasteiger partial charge >= 0.3 is 0 Å². The first-order chi connectivity index (χ1) is 36.2. The van der Waals surface area contributed by atoms with Crippen molar-refractivity contribution in [2.24, 2.45) is 51.6 Å². The number of nitrogen functional groups attached to an aromatic ring is 1. The summed E-state index contributed by atoms with van der Waals surface area (Å²) in [4.78, 5) is 115. The molecule has 0 spiro atoms. The molecule has 7 atom stereocenters. The van der Waals surface area contributed by atoms with E-state index in [1.165, 1.54) is 19.1 Å². The highest BCUT2D eigenvalue weighted by atomic mass is 16.3. The van der Waals surface area contributed by atoms with Crippen molar-refractivity contribution in [2.45, 2.75) is 169 Å². The van der Waals surface area contributed by atoms with Gasteiger partial charge < -0.3 is 70.6 Å². The molecule has 8 amide bonds. The molecule has 428 valence electrons. The average molecular weight is 1080 g/mol. The van der Waals surface area contributed by atoms with E-state index in [0.717, 1.165) is 5.56 Å². The number of rotatable bonds is 34. The van der Waals surface area contributed by atoms with Crippen LogP contribution in [0.15, 0.2) is 53.5 Å². The van der Waals surface area contributed by atoms with Gasteiger partial charge in [0, 0.05) is 32.0 Å². The van der Waals surface area contributed by atoms with Crippen LogP contribution in [0.1, 0.15) is 130 Å². The van der Waals surface area contributed by atoms with Gasteiger partial charge in [-0.2, -0.15) is 0 Å². The molecule has 0 saturated heterocycles. The zero-order valence-corrected chi connectivity index (χ0v) is 46.4. The summed E-state index contributed by atoms with van der Waals surface area (Å²) in [6.45, 7) is 16.4. The molecule has 23 nitrogen and oxygen atoms in total. The summed E-state index contributed by atoms with van der Waals surface area (Å²) in [6.07, 6.45) is 2.09. The monoisotopic (exact) mass is 1080 g/mol. The Labute approximate surface area is 453 Å². The van der Waals surface area contributed by atoms with E-state index >= 15 is 0 Å². The number of benzene rings is 2. The topological polar surface area (TPSA) is 393 Å². The minimum Gasteiger partial charge on any atom is -0.508 e. The maximum absolute atomic E-state index is 14.4. The van der Waals surface area contributed by atoms with Crippen molar-refractivity contribution in [3.05, 3.63) is 65.2 Å². The number of amidine groups is 1. The average Bonchev–Trinajstić information content (AvgIpc) is 3.34. The number of phenols is 1. The lowest BCUT2D eigenvalue weighted by atomic mass is 9.98. The van der Waals surface area contributed by atoms with Gasteiger partial charge in [-0.1, -0.05) is 91.8 Å². The number of aliphatic imine (C=N–C) groups is 1. The molecule has 0 radical (unpaired) electrons. The van der Waals surface area contributed by atoms with Crippen molar-refractivity contribution >= 4 is 59.1 Å². The summed E-state index contributed by atoms with van der Waals surface area (Å²) >= 11 is 0. The molecule has 0 fully saturated rings. The van der Waals surface area contributed by atoms with Crippen molar-refractivity contribution < 1.29 is 43.5 Å². The second kappa shape index (κ2) is 33.7. The predicted octanol–water partition coefficient (Wildman–Crippen LogP) is 0.926. The third-order valence-corrected chi connectivity index (χ3v) is 12.2. The van der Waals surface area contributed by atoms with Gasteiger partial charge in [-0.3, -0.25) is 48.8 Å². The molecule has 0 aliphatic heterocycles. The summed E-state index contributed by atoms with van der Waals surface area (Å²) in [5, 5.41) is 39.6. The second-order valence-electron chi connectivity index (χ2n) is 21.1. The van der Waals surface area contributed by atoms with E-state index in [2.05, 4.69) is 47.5 Å². The van der Waals surface area contributed by atoms with E-state index in [0.29, 0.717) is 30.5 Å². The first-order valence-corrected chi connectivity index (χ1v) is 26.5. The Kier molecular flexibility index (Phi) is 28.8. The Balaban J connectivity index is 2.39. The maximum Gasteiger partial charge on any atom is 0.243 e. The van der Waals surface area contributed by atoms with Crippen molar-refractivity contribution in [1.29, 1.82) is 5.41 Å². The number of carbonyl (C=O) groups is 8. The van der Waals surface area contributed by atoms with Crippen LogP contribution in [-0.4, -0.2) is 120 Å². The van der Waals surface area contributed by atoms with Gasteiger partial charge in [-0.15, -0.1) is 0 Å². The standard InChI is InChI=1S/C54H88N14O9/c1-30(2)25-41(65-50(74)42(26-31(3)4)66-51(75)43(27-32(5)6)67-52(76)44(62-34(9)69)28-35-17-21-38(70)22-18-35)49(73)63-40(14-12-24-60-54(58)59)48(72)68-45(33(7)8)53(77)64-39(13-10-11-23-55)47(71)61-29-36-15-19-37(20-16-36)46(56)57/h15-22,30-33,39-45,70H,10-14,23-29,55H2,1-9H3,(H3,56,57)(H,61,71)(H,62,69)(H,63,73)(H,64,77)(H,65,74)(H,66,75)(H,67,76)(H,68,72)(H4,58,59,60)/t39-,40-,41-,42-,43-,44-,45-/m0/s1. The van der Waals surface area contributed by atoms with Gasteiger partial charge in [0.2, 0.25) is 47.3 Å². The molecule has 0 aliphatic carbocycles. The summed E-state index contributed by atoms with van der Waals surface area (Å²) in [5.41, 5.74) is 24.3. The molecule has 0 heterocycles. The molecule has 2 aromatic rings. The lowest BCUT2D eigenvalue weighted by Gasteiger charge is -2.29. The zero-order chi connectivity index (χ0) is 57.9. The van der Waals surface area contributed by atoms with E-state index in [-0.39, 0.29) is 93.3 Å². The van der Waals surface area contributed by atoms with E-state index in [4.69, 9.17) is 28.3 Å². The number of amides is 8. The summed E-state index contributed by atoms with van der Waals surface area (Å²) < 4.78 is 0. The summed E-state index contributed by atoms with van der Waals surface area (Å²) in [6, 6.07) is 4.89. The molecule has 18 N–H and O–H groups in total. The van der Waals surface area contributed by atoms with Gasteiger partial charge in [0.1, 0.15) is 53.9 Å².